The number of allylic oxidation sites excluding steroid dienone is 1. The van der Waals surface area contributed by atoms with E-state index in [0.717, 1.165) is 20.8 Å². The number of fused-ring (bicyclic) bond motifs is 4. The van der Waals surface area contributed by atoms with Crippen LogP contribution in [0.15, 0.2) is 41.5 Å². The number of rotatable bonds is 12. The van der Waals surface area contributed by atoms with Gasteiger partial charge in [-0.1, -0.05) is 51.5 Å². The first-order valence-electron chi connectivity index (χ1n) is 20.0. The zero-order valence-corrected chi connectivity index (χ0v) is 34.9. The van der Waals surface area contributed by atoms with Gasteiger partial charge in [0.15, 0.2) is 23.3 Å². The number of benzene rings is 1. The van der Waals surface area contributed by atoms with E-state index in [0.29, 0.717) is 6.42 Å². The molecular formula is C43H55NO15. The quantitative estimate of drug-likeness (QED) is 0.134. The lowest BCUT2D eigenvalue weighted by atomic mass is 9.47. The zero-order valence-electron chi connectivity index (χ0n) is 34.9. The third-order valence-electron chi connectivity index (χ3n) is 13.5. The Labute approximate surface area is 342 Å². The lowest BCUT2D eigenvalue weighted by Crippen LogP contribution is -2.78. The number of esters is 3. The summed E-state index contributed by atoms with van der Waals surface area (Å²) in [6.07, 6.45) is -7.19. The van der Waals surface area contributed by atoms with Gasteiger partial charge in [-0.15, -0.1) is 0 Å². The second-order valence-electron chi connectivity index (χ2n) is 18.4. The number of amides is 1. The predicted molar refractivity (Wildman–Crippen MR) is 204 cm³/mol. The summed E-state index contributed by atoms with van der Waals surface area (Å²) < 4.78 is 29.6. The fourth-order valence-electron chi connectivity index (χ4n) is 10.5. The van der Waals surface area contributed by atoms with E-state index in [2.05, 4.69) is 5.32 Å². The molecule has 4 aliphatic carbocycles. The molecule has 1 aromatic rings. The van der Waals surface area contributed by atoms with Crippen LogP contribution >= 0.6 is 0 Å². The van der Waals surface area contributed by atoms with Crippen molar-refractivity contribution in [2.45, 2.75) is 135 Å². The van der Waals surface area contributed by atoms with Crippen molar-refractivity contribution in [1.82, 2.24) is 5.32 Å². The van der Waals surface area contributed by atoms with Gasteiger partial charge in [-0.05, 0) is 76.0 Å². The second-order valence-corrected chi connectivity index (χ2v) is 18.4. The molecule has 4 fully saturated rings. The van der Waals surface area contributed by atoms with Gasteiger partial charge < -0.3 is 44.3 Å². The molecule has 4 N–H and O–H groups in total. The summed E-state index contributed by atoms with van der Waals surface area (Å²) in [6, 6.07) is 6.65. The van der Waals surface area contributed by atoms with Crippen molar-refractivity contribution in [2.24, 2.45) is 34.5 Å². The zero-order chi connectivity index (χ0) is 43.8. The predicted octanol–water partition coefficient (Wildman–Crippen LogP) is 3.48. The van der Waals surface area contributed by atoms with Gasteiger partial charge in [0, 0.05) is 30.6 Å². The third-order valence-corrected chi connectivity index (χ3v) is 13.5. The Morgan fingerprint density at radius 3 is 2.19 bits per heavy atom. The van der Waals surface area contributed by atoms with Crippen molar-refractivity contribution < 1.29 is 72.6 Å². The molecule has 1 amide bonds. The molecule has 59 heavy (non-hydrogen) atoms. The standard InChI is InChI=1S/C43H55NO15/c1-20(2)15-27(44-38(53)59-40(8,9)37(51)52)31(48)30(47)26-18-43(54)35(57-36(50)24-13-11-10-12-14-24)33-41(17-25(41)16-28-42(33,19-55-28)58-23(5)46)34(49)32(56-22(4)45)29(21(26)3)39(43,6)7/h10-14,20,25-28,31-33,35,48,54H,15-19H2,1-9H3,(H,44,53)(H,51,52)/t25-,26+,27+,28-,31-,32-,33+,35+,41-,42+,43-/m1/s1. The number of aliphatic hydroxyl groups excluding tert-OH is 1. The molecule has 0 unspecified atom stereocenters. The van der Waals surface area contributed by atoms with E-state index < -0.39 is 124 Å². The molecule has 3 saturated carbocycles. The summed E-state index contributed by atoms with van der Waals surface area (Å²) in [5.41, 5.74) is -8.45. The van der Waals surface area contributed by atoms with Crippen LogP contribution in [0.3, 0.4) is 0 Å². The molecule has 11 atom stereocenters. The molecule has 322 valence electrons. The molecule has 16 heteroatoms. The van der Waals surface area contributed by atoms with Crippen molar-refractivity contribution in [3.63, 3.8) is 0 Å². The topological polar surface area (TPSA) is 238 Å². The SMILES string of the molecule is CC(=O)O[C@H]1C(=O)[C@]23C[C@H]2C[C@H]2OC[C@@]2(OC(C)=O)[C@H]3[C@H](OC(=O)c2ccccc2)[C@]2(O)C[C@H](C(=O)[C@H](O)[C@H](CC(C)C)NC(=O)OC(C)(C)C(=O)O)C(C)=C1C2(C)C. The summed E-state index contributed by atoms with van der Waals surface area (Å²) in [5, 5.41) is 37.5. The number of carboxylic acids is 1. The molecule has 2 bridgehead atoms. The lowest BCUT2D eigenvalue weighted by molar-refractivity contribution is -0.322. The first-order valence-corrected chi connectivity index (χ1v) is 20.0. The maximum Gasteiger partial charge on any atom is 0.408 e. The number of Topliss-reactive ketones (excluding diaryl/α,β-unsaturated/α-hetero) is 2. The fraction of sp³-hybridized carbons (Fsp3) is 0.651. The number of aliphatic carboxylic acids is 1. The maximum atomic E-state index is 15.4. The highest BCUT2D eigenvalue weighted by Gasteiger charge is 2.84. The number of carboxylic acid groups (broad SMARTS) is 1. The Morgan fingerprint density at radius 2 is 1.64 bits per heavy atom. The van der Waals surface area contributed by atoms with Crippen LogP contribution < -0.4 is 5.32 Å². The number of hydrogen-bond donors (Lipinski definition) is 4. The number of hydrogen-bond acceptors (Lipinski definition) is 14. The number of carbonyl (C=O) groups is 7. The minimum atomic E-state index is -2.30. The van der Waals surface area contributed by atoms with E-state index in [4.69, 9.17) is 23.7 Å². The Morgan fingerprint density at radius 1 is 1.00 bits per heavy atom. The normalized spacial score (nSPS) is 33.9. The number of carbonyl (C=O) groups excluding carboxylic acids is 6. The monoisotopic (exact) mass is 825 g/mol. The molecule has 1 aliphatic heterocycles. The van der Waals surface area contributed by atoms with E-state index in [1.165, 1.54) is 19.1 Å². The minimum Gasteiger partial charge on any atom is -0.478 e. The number of aliphatic hydroxyl groups is 2. The molecule has 1 spiro atoms. The van der Waals surface area contributed by atoms with E-state index in [1.807, 2.05) is 0 Å². The van der Waals surface area contributed by atoms with Crippen molar-refractivity contribution in [1.29, 1.82) is 0 Å². The summed E-state index contributed by atoms with van der Waals surface area (Å²) in [5.74, 6) is -8.60. The Balaban J connectivity index is 1.54. The van der Waals surface area contributed by atoms with Gasteiger partial charge >= 0.3 is 30.0 Å². The number of nitrogens with one attached hydrogen (secondary N) is 1. The maximum absolute atomic E-state index is 15.4. The summed E-state index contributed by atoms with van der Waals surface area (Å²) in [4.78, 5) is 95.2. The molecule has 6 rings (SSSR count). The smallest absolute Gasteiger partial charge is 0.408 e. The van der Waals surface area contributed by atoms with Crippen LogP contribution in [0.2, 0.25) is 0 Å². The molecule has 16 nitrogen and oxygen atoms in total. The fourth-order valence-corrected chi connectivity index (χ4v) is 10.5. The molecule has 0 radical (unpaired) electrons. The van der Waals surface area contributed by atoms with Gasteiger partial charge in [-0.25, -0.2) is 14.4 Å². The van der Waals surface area contributed by atoms with Gasteiger partial charge in [-0.2, -0.15) is 0 Å². The first-order chi connectivity index (χ1) is 27.4. The van der Waals surface area contributed by atoms with Crippen molar-refractivity contribution in [3.05, 3.63) is 47.0 Å². The van der Waals surface area contributed by atoms with E-state index >= 15 is 4.79 Å². The molecule has 1 saturated heterocycles. The molecule has 5 aliphatic rings. The number of ether oxygens (including phenoxy) is 5. The second kappa shape index (κ2) is 15.1. The van der Waals surface area contributed by atoms with Crippen LogP contribution in [0.1, 0.15) is 98.4 Å². The Hall–Kier alpha value is -4.67. The van der Waals surface area contributed by atoms with Crippen LogP contribution in [0.4, 0.5) is 4.79 Å². The van der Waals surface area contributed by atoms with Crippen LogP contribution in [0, 0.1) is 34.5 Å². The number of ketones is 2. The highest BCUT2D eigenvalue weighted by molar-refractivity contribution is 5.98. The molecule has 1 heterocycles. The molecule has 1 aromatic carbocycles. The van der Waals surface area contributed by atoms with Gasteiger partial charge in [-0.3, -0.25) is 19.2 Å². The molecule has 0 aromatic heterocycles. The van der Waals surface area contributed by atoms with Crippen LogP contribution in [0.25, 0.3) is 0 Å². The highest BCUT2D eigenvalue weighted by Crippen LogP contribution is 2.75. The summed E-state index contributed by atoms with van der Waals surface area (Å²) >= 11 is 0. The van der Waals surface area contributed by atoms with Crippen LogP contribution in [-0.4, -0.2) is 111 Å². The first kappa shape index (κ1) is 43.9. The molecular weight excluding hydrogens is 770 g/mol. The van der Waals surface area contributed by atoms with Crippen molar-refractivity contribution in [2.75, 3.05) is 6.61 Å². The average molecular weight is 826 g/mol. The Bertz CT molecular complexity index is 1970. The van der Waals surface area contributed by atoms with Crippen LogP contribution in [0.5, 0.6) is 0 Å². The average Bonchev–Trinajstić information content (AvgIpc) is 3.86. The number of alkyl carbamates (subject to hydrolysis) is 1. The van der Waals surface area contributed by atoms with Crippen molar-refractivity contribution >= 4 is 41.5 Å². The largest absolute Gasteiger partial charge is 0.478 e. The Kier molecular flexibility index (Phi) is 11.2. The third kappa shape index (κ3) is 7.14. The van der Waals surface area contributed by atoms with E-state index in [-0.39, 0.29) is 42.1 Å². The highest BCUT2D eigenvalue weighted by atomic mass is 16.6. The van der Waals surface area contributed by atoms with E-state index in [9.17, 15) is 44.1 Å². The lowest BCUT2D eigenvalue weighted by Gasteiger charge is -2.64. The van der Waals surface area contributed by atoms with Crippen LogP contribution in [-0.2, 0) is 47.7 Å². The van der Waals surface area contributed by atoms with Crippen molar-refractivity contribution in [3.8, 4) is 0 Å². The van der Waals surface area contributed by atoms with Gasteiger partial charge in [0.25, 0.3) is 0 Å². The van der Waals surface area contributed by atoms with Gasteiger partial charge in [0.1, 0.15) is 23.9 Å². The summed E-state index contributed by atoms with van der Waals surface area (Å²) in [6.45, 7) is 12.7. The minimum absolute atomic E-state index is 0.0256. The van der Waals surface area contributed by atoms with Gasteiger partial charge in [0.2, 0.25) is 5.60 Å². The van der Waals surface area contributed by atoms with Gasteiger partial charge in [0.05, 0.1) is 24.1 Å². The summed E-state index contributed by atoms with van der Waals surface area (Å²) in [7, 11) is 0. The van der Waals surface area contributed by atoms with E-state index in [1.54, 1.807) is 52.8 Å².